The fraction of sp³-hybridized carbons (Fsp3) is 0.158. The van der Waals surface area contributed by atoms with Crippen LogP contribution in [0.2, 0.25) is 0 Å². The lowest BCUT2D eigenvalue weighted by molar-refractivity contribution is 0.425. The maximum absolute atomic E-state index is 13.4. The van der Waals surface area contributed by atoms with E-state index in [2.05, 4.69) is 25.4 Å². The maximum atomic E-state index is 13.4. The standard InChI is InChI=1S/C19H16FN5O.ClH/c1-10-8-13(20)5-7-16(10)24-17-14-6-4-11(2)22-18(14)21-9-15(17)19-23-12(3)25-26-19;/h4-9H,1-3H3,(H,21,22,24);1H. The van der Waals surface area contributed by atoms with Crippen LogP contribution in [0.5, 0.6) is 0 Å². The number of benzene rings is 1. The van der Waals surface area contributed by atoms with Gasteiger partial charge in [0, 0.05) is 23.0 Å². The molecule has 0 bridgehead atoms. The highest BCUT2D eigenvalue weighted by Crippen LogP contribution is 2.35. The number of hydrogen-bond acceptors (Lipinski definition) is 6. The van der Waals surface area contributed by atoms with Crippen LogP contribution in [0.4, 0.5) is 15.8 Å². The molecule has 0 fully saturated rings. The molecule has 138 valence electrons. The van der Waals surface area contributed by atoms with Gasteiger partial charge in [-0.2, -0.15) is 4.98 Å². The van der Waals surface area contributed by atoms with Gasteiger partial charge < -0.3 is 9.84 Å². The fourth-order valence-corrected chi connectivity index (χ4v) is 2.78. The van der Waals surface area contributed by atoms with Crippen LogP contribution in [0.1, 0.15) is 17.1 Å². The van der Waals surface area contributed by atoms with Gasteiger partial charge in [-0.1, -0.05) is 5.16 Å². The molecular weight excluding hydrogens is 369 g/mol. The maximum Gasteiger partial charge on any atom is 0.261 e. The highest BCUT2D eigenvalue weighted by Gasteiger charge is 2.17. The summed E-state index contributed by atoms with van der Waals surface area (Å²) in [5.41, 5.74) is 4.43. The summed E-state index contributed by atoms with van der Waals surface area (Å²) in [5.74, 6) is 0.614. The molecule has 0 saturated carbocycles. The molecule has 0 aliphatic carbocycles. The first kappa shape index (κ1) is 18.7. The number of hydrogen-bond donors (Lipinski definition) is 1. The Morgan fingerprint density at radius 1 is 1.04 bits per heavy atom. The first-order valence-corrected chi connectivity index (χ1v) is 8.11. The van der Waals surface area contributed by atoms with Crippen LogP contribution in [-0.4, -0.2) is 20.1 Å². The van der Waals surface area contributed by atoms with Crippen molar-refractivity contribution in [3.63, 3.8) is 0 Å². The number of rotatable bonds is 3. The Kier molecular flexibility index (Phi) is 5.05. The molecule has 0 aliphatic rings. The second kappa shape index (κ2) is 7.28. The molecule has 6 nitrogen and oxygen atoms in total. The van der Waals surface area contributed by atoms with Gasteiger partial charge in [0.1, 0.15) is 5.82 Å². The highest BCUT2D eigenvalue weighted by molar-refractivity contribution is 5.98. The first-order valence-electron chi connectivity index (χ1n) is 8.11. The third-order valence-corrected chi connectivity index (χ3v) is 4.08. The molecule has 27 heavy (non-hydrogen) atoms. The Morgan fingerprint density at radius 3 is 2.56 bits per heavy atom. The molecule has 4 rings (SSSR count). The zero-order valence-electron chi connectivity index (χ0n) is 14.9. The summed E-state index contributed by atoms with van der Waals surface area (Å²) < 4.78 is 18.8. The van der Waals surface area contributed by atoms with Crippen molar-refractivity contribution in [3.8, 4) is 11.5 Å². The number of aromatic nitrogens is 4. The molecular formula is C19H17ClFN5O. The number of fused-ring (bicyclic) bond motifs is 1. The molecule has 0 atom stereocenters. The van der Waals surface area contributed by atoms with Crippen LogP contribution >= 0.6 is 12.4 Å². The number of aryl methyl sites for hydroxylation is 3. The summed E-state index contributed by atoms with van der Waals surface area (Å²) in [6.07, 6.45) is 1.66. The minimum atomic E-state index is -0.280. The summed E-state index contributed by atoms with van der Waals surface area (Å²) in [4.78, 5) is 13.2. The minimum absolute atomic E-state index is 0. The SMILES string of the molecule is Cc1ccc2c(Nc3ccc(F)cc3C)c(-c3nc(C)no3)cnc2n1.Cl. The van der Waals surface area contributed by atoms with Gasteiger partial charge in [0.15, 0.2) is 11.5 Å². The number of halogens is 2. The fourth-order valence-electron chi connectivity index (χ4n) is 2.78. The van der Waals surface area contributed by atoms with Crippen molar-refractivity contribution in [2.75, 3.05) is 5.32 Å². The third kappa shape index (κ3) is 3.59. The monoisotopic (exact) mass is 385 g/mol. The van der Waals surface area contributed by atoms with Crippen LogP contribution < -0.4 is 5.32 Å². The Balaban J connectivity index is 0.00000210. The van der Waals surface area contributed by atoms with Gasteiger partial charge in [0.05, 0.1) is 11.3 Å². The van der Waals surface area contributed by atoms with E-state index in [-0.39, 0.29) is 18.2 Å². The molecule has 0 amide bonds. The molecule has 1 N–H and O–H groups in total. The van der Waals surface area contributed by atoms with Crippen LogP contribution in [0.15, 0.2) is 41.1 Å². The smallest absolute Gasteiger partial charge is 0.261 e. The van der Waals surface area contributed by atoms with Gasteiger partial charge in [-0.15, -0.1) is 12.4 Å². The molecule has 0 aliphatic heterocycles. The van der Waals surface area contributed by atoms with Crippen molar-refractivity contribution in [1.82, 2.24) is 20.1 Å². The summed E-state index contributed by atoms with van der Waals surface area (Å²) in [6.45, 7) is 5.50. The molecule has 4 aromatic rings. The molecule has 3 heterocycles. The largest absolute Gasteiger partial charge is 0.354 e. The number of anilines is 2. The van der Waals surface area contributed by atoms with Crippen molar-refractivity contribution in [1.29, 1.82) is 0 Å². The van der Waals surface area contributed by atoms with Crippen LogP contribution in [0, 0.1) is 26.6 Å². The molecule has 8 heteroatoms. The van der Waals surface area contributed by atoms with Crippen molar-refractivity contribution >= 4 is 34.8 Å². The summed E-state index contributed by atoms with van der Waals surface area (Å²) >= 11 is 0. The van der Waals surface area contributed by atoms with E-state index < -0.39 is 0 Å². The summed E-state index contributed by atoms with van der Waals surface area (Å²) in [6, 6.07) is 8.44. The van der Waals surface area contributed by atoms with Gasteiger partial charge in [-0.3, -0.25) is 0 Å². The zero-order valence-corrected chi connectivity index (χ0v) is 15.8. The van der Waals surface area contributed by atoms with E-state index in [1.165, 1.54) is 12.1 Å². The zero-order chi connectivity index (χ0) is 18.3. The van der Waals surface area contributed by atoms with Crippen molar-refractivity contribution in [2.24, 2.45) is 0 Å². The van der Waals surface area contributed by atoms with E-state index in [0.29, 0.717) is 22.9 Å². The van der Waals surface area contributed by atoms with Crippen LogP contribution in [0.25, 0.3) is 22.5 Å². The lowest BCUT2D eigenvalue weighted by atomic mass is 10.1. The Labute approximate surface area is 161 Å². The number of nitrogens with one attached hydrogen (secondary N) is 1. The predicted molar refractivity (Wildman–Crippen MR) is 104 cm³/mol. The minimum Gasteiger partial charge on any atom is -0.354 e. The van der Waals surface area contributed by atoms with Crippen molar-refractivity contribution in [3.05, 3.63) is 59.4 Å². The van der Waals surface area contributed by atoms with E-state index in [9.17, 15) is 4.39 Å². The quantitative estimate of drug-likeness (QED) is 0.540. The Hall–Kier alpha value is -3.06. The van der Waals surface area contributed by atoms with Crippen LogP contribution in [-0.2, 0) is 0 Å². The van der Waals surface area contributed by atoms with Crippen molar-refractivity contribution < 1.29 is 8.91 Å². The lowest BCUT2D eigenvalue weighted by Gasteiger charge is -2.14. The molecule has 0 radical (unpaired) electrons. The normalized spacial score (nSPS) is 10.7. The predicted octanol–water partition coefficient (Wildman–Crippen LogP) is 4.91. The van der Waals surface area contributed by atoms with Gasteiger partial charge in [0.25, 0.3) is 5.89 Å². The second-order valence-electron chi connectivity index (χ2n) is 6.10. The molecule has 0 spiro atoms. The van der Waals surface area contributed by atoms with E-state index in [0.717, 1.165) is 28.0 Å². The second-order valence-corrected chi connectivity index (χ2v) is 6.10. The van der Waals surface area contributed by atoms with E-state index >= 15 is 0 Å². The van der Waals surface area contributed by atoms with Crippen molar-refractivity contribution in [2.45, 2.75) is 20.8 Å². The summed E-state index contributed by atoms with van der Waals surface area (Å²) in [5, 5.41) is 8.03. The van der Waals surface area contributed by atoms with Crippen LogP contribution in [0.3, 0.4) is 0 Å². The van der Waals surface area contributed by atoms with E-state index in [1.807, 2.05) is 26.0 Å². The first-order chi connectivity index (χ1) is 12.5. The number of nitrogens with zero attached hydrogens (tertiary/aromatic N) is 4. The average molecular weight is 386 g/mol. The molecule has 3 aromatic heterocycles. The number of pyridine rings is 2. The molecule has 0 unspecified atom stereocenters. The molecule has 1 aromatic carbocycles. The van der Waals surface area contributed by atoms with Gasteiger partial charge in [-0.05, 0) is 56.7 Å². The van der Waals surface area contributed by atoms with Gasteiger partial charge >= 0.3 is 0 Å². The van der Waals surface area contributed by atoms with Gasteiger partial charge in [0.2, 0.25) is 0 Å². The highest BCUT2D eigenvalue weighted by atomic mass is 35.5. The molecule has 0 saturated heterocycles. The van der Waals surface area contributed by atoms with E-state index in [1.54, 1.807) is 19.2 Å². The summed E-state index contributed by atoms with van der Waals surface area (Å²) in [7, 11) is 0. The third-order valence-electron chi connectivity index (χ3n) is 4.08. The van der Waals surface area contributed by atoms with E-state index in [4.69, 9.17) is 4.52 Å². The lowest BCUT2D eigenvalue weighted by Crippen LogP contribution is -2.00. The van der Waals surface area contributed by atoms with Gasteiger partial charge in [-0.25, -0.2) is 14.4 Å². The average Bonchev–Trinajstić information content (AvgIpc) is 3.03. The Morgan fingerprint density at radius 2 is 1.85 bits per heavy atom. The topological polar surface area (TPSA) is 76.7 Å². The Bertz CT molecular complexity index is 1130.